The zero-order chi connectivity index (χ0) is 11.3. The van der Waals surface area contributed by atoms with Crippen molar-refractivity contribution in [1.82, 2.24) is 4.90 Å². The number of hydrogen-bond donors (Lipinski definition) is 0. The third-order valence-electron chi connectivity index (χ3n) is 2.59. The Morgan fingerprint density at radius 1 is 1.07 bits per heavy atom. The van der Waals surface area contributed by atoms with Crippen molar-refractivity contribution < 1.29 is 9.47 Å². The van der Waals surface area contributed by atoms with Gasteiger partial charge in [-0.15, -0.1) is 0 Å². The molecule has 0 aliphatic heterocycles. The number of hydrogen-bond acceptors (Lipinski definition) is 3. The SMILES string of the molecule is COC(Cc1ccccc1)(OC)N(C)C. The van der Waals surface area contributed by atoms with E-state index in [0.29, 0.717) is 6.42 Å². The number of likely N-dealkylation sites (N-methyl/N-ethyl adjacent to an activating group) is 1. The van der Waals surface area contributed by atoms with Crippen molar-refractivity contribution in [2.75, 3.05) is 28.3 Å². The molecular formula is C12H19NO2. The smallest absolute Gasteiger partial charge is 0.233 e. The van der Waals surface area contributed by atoms with E-state index in [4.69, 9.17) is 9.47 Å². The van der Waals surface area contributed by atoms with Gasteiger partial charge in [-0.25, -0.2) is 0 Å². The molecule has 0 atom stereocenters. The molecule has 0 spiro atoms. The lowest BCUT2D eigenvalue weighted by Crippen LogP contribution is -2.49. The first-order chi connectivity index (χ1) is 7.14. The van der Waals surface area contributed by atoms with Gasteiger partial charge in [0.05, 0.1) is 0 Å². The van der Waals surface area contributed by atoms with Crippen LogP contribution < -0.4 is 0 Å². The highest BCUT2D eigenvalue weighted by Crippen LogP contribution is 2.20. The van der Waals surface area contributed by atoms with Crippen LogP contribution in [0.5, 0.6) is 0 Å². The lowest BCUT2D eigenvalue weighted by atomic mass is 10.1. The van der Waals surface area contributed by atoms with Gasteiger partial charge in [-0.1, -0.05) is 30.3 Å². The van der Waals surface area contributed by atoms with Gasteiger partial charge < -0.3 is 9.47 Å². The summed E-state index contributed by atoms with van der Waals surface area (Å²) in [7, 11) is 7.20. The van der Waals surface area contributed by atoms with Gasteiger partial charge in [0.1, 0.15) is 0 Å². The highest BCUT2D eigenvalue weighted by Gasteiger charge is 2.32. The van der Waals surface area contributed by atoms with Crippen LogP contribution in [0, 0.1) is 0 Å². The number of benzene rings is 1. The zero-order valence-electron chi connectivity index (χ0n) is 9.86. The summed E-state index contributed by atoms with van der Waals surface area (Å²) in [6.45, 7) is 0. The average Bonchev–Trinajstić information content (AvgIpc) is 2.27. The summed E-state index contributed by atoms with van der Waals surface area (Å²) < 4.78 is 10.9. The van der Waals surface area contributed by atoms with Gasteiger partial charge in [0, 0.05) is 20.6 Å². The summed E-state index contributed by atoms with van der Waals surface area (Å²) in [5.74, 6) is -0.679. The number of rotatable bonds is 5. The van der Waals surface area contributed by atoms with E-state index in [1.54, 1.807) is 14.2 Å². The molecule has 0 saturated carbocycles. The van der Waals surface area contributed by atoms with Crippen LogP contribution in [0.15, 0.2) is 30.3 Å². The molecule has 0 heterocycles. The lowest BCUT2D eigenvalue weighted by molar-refractivity contribution is -0.281. The maximum atomic E-state index is 5.46. The summed E-state index contributed by atoms with van der Waals surface area (Å²) in [5, 5.41) is 0. The van der Waals surface area contributed by atoms with Crippen LogP contribution in [0.2, 0.25) is 0 Å². The Labute approximate surface area is 91.6 Å². The molecule has 3 nitrogen and oxygen atoms in total. The predicted octanol–water partition coefficient (Wildman–Crippen LogP) is 1.74. The van der Waals surface area contributed by atoms with Crippen LogP contribution >= 0.6 is 0 Å². The molecule has 0 radical (unpaired) electrons. The summed E-state index contributed by atoms with van der Waals surface area (Å²) in [6.07, 6.45) is 0.702. The number of ether oxygens (including phenoxy) is 2. The summed E-state index contributed by atoms with van der Waals surface area (Å²) >= 11 is 0. The van der Waals surface area contributed by atoms with Gasteiger partial charge in [-0.3, -0.25) is 4.90 Å². The molecule has 1 rings (SSSR count). The van der Waals surface area contributed by atoms with Gasteiger partial charge in [-0.2, -0.15) is 0 Å². The molecule has 0 fully saturated rings. The van der Waals surface area contributed by atoms with Crippen LogP contribution in [-0.4, -0.2) is 39.1 Å². The average molecular weight is 209 g/mol. The van der Waals surface area contributed by atoms with Gasteiger partial charge in [0.25, 0.3) is 0 Å². The zero-order valence-corrected chi connectivity index (χ0v) is 9.86. The summed E-state index contributed by atoms with van der Waals surface area (Å²) in [4.78, 5) is 1.93. The van der Waals surface area contributed by atoms with Crippen molar-refractivity contribution in [3.8, 4) is 0 Å². The molecule has 84 valence electrons. The van der Waals surface area contributed by atoms with E-state index in [1.807, 2.05) is 37.2 Å². The Balaban J connectivity index is 2.84. The second-order valence-corrected chi connectivity index (χ2v) is 3.68. The van der Waals surface area contributed by atoms with Gasteiger partial charge >= 0.3 is 0 Å². The van der Waals surface area contributed by atoms with E-state index in [2.05, 4.69) is 12.1 Å². The molecule has 0 saturated heterocycles. The van der Waals surface area contributed by atoms with Crippen LogP contribution in [0.1, 0.15) is 5.56 Å². The maximum Gasteiger partial charge on any atom is 0.233 e. The Hall–Kier alpha value is -0.900. The third kappa shape index (κ3) is 2.78. The molecule has 1 aromatic rings. The van der Waals surface area contributed by atoms with Crippen molar-refractivity contribution >= 4 is 0 Å². The predicted molar refractivity (Wildman–Crippen MR) is 60.6 cm³/mol. The van der Waals surface area contributed by atoms with Crippen molar-refractivity contribution in [1.29, 1.82) is 0 Å². The van der Waals surface area contributed by atoms with E-state index in [0.717, 1.165) is 0 Å². The molecule has 0 amide bonds. The van der Waals surface area contributed by atoms with Crippen molar-refractivity contribution in [2.45, 2.75) is 12.3 Å². The Morgan fingerprint density at radius 3 is 2.00 bits per heavy atom. The Morgan fingerprint density at radius 2 is 1.60 bits per heavy atom. The minimum absolute atomic E-state index is 0.679. The van der Waals surface area contributed by atoms with Crippen molar-refractivity contribution in [2.24, 2.45) is 0 Å². The molecule has 0 N–H and O–H groups in total. The van der Waals surface area contributed by atoms with E-state index in [1.165, 1.54) is 5.56 Å². The Bertz CT molecular complexity index is 281. The van der Waals surface area contributed by atoms with Gasteiger partial charge in [0.15, 0.2) is 0 Å². The summed E-state index contributed by atoms with van der Waals surface area (Å²) in [5.41, 5.74) is 1.19. The summed E-state index contributed by atoms with van der Waals surface area (Å²) in [6, 6.07) is 10.2. The number of nitrogens with zero attached hydrogens (tertiary/aromatic N) is 1. The second kappa shape index (κ2) is 5.26. The van der Waals surface area contributed by atoms with Crippen LogP contribution in [-0.2, 0) is 15.9 Å². The minimum atomic E-state index is -0.679. The monoisotopic (exact) mass is 209 g/mol. The topological polar surface area (TPSA) is 21.7 Å². The fourth-order valence-electron chi connectivity index (χ4n) is 1.60. The first kappa shape index (κ1) is 12.2. The minimum Gasteiger partial charge on any atom is -0.340 e. The molecule has 1 aromatic carbocycles. The molecule has 0 unspecified atom stereocenters. The van der Waals surface area contributed by atoms with E-state index in [9.17, 15) is 0 Å². The van der Waals surface area contributed by atoms with Crippen LogP contribution in [0.3, 0.4) is 0 Å². The molecule has 0 aliphatic carbocycles. The van der Waals surface area contributed by atoms with Crippen LogP contribution in [0.25, 0.3) is 0 Å². The van der Waals surface area contributed by atoms with Gasteiger partial charge in [0.2, 0.25) is 5.91 Å². The molecule has 0 aromatic heterocycles. The van der Waals surface area contributed by atoms with E-state index < -0.39 is 5.91 Å². The normalized spacial score (nSPS) is 12.1. The molecular weight excluding hydrogens is 190 g/mol. The van der Waals surface area contributed by atoms with Crippen molar-refractivity contribution in [3.05, 3.63) is 35.9 Å². The fourth-order valence-corrected chi connectivity index (χ4v) is 1.60. The van der Waals surface area contributed by atoms with Crippen LogP contribution in [0.4, 0.5) is 0 Å². The number of methoxy groups -OCH3 is 2. The quantitative estimate of drug-likeness (QED) is 0.689. The molecule has 0 aliphatic rings. The van der Waals surface area contributed by atoms with Gasteiger partial charge in [-0.05, 0) is 19.7 Å². The van der Waals surface area contributed by atoms with E-state index in [-0.39, 0.29) is 0 Å². The van der Waals surface area contributed by atoms with Crippen molar-refractivity contribution in [3.63, 3.8) is 0 Å². The molecule has 0 bridgehead atoms. The highest BCUT2D eigenvalue weighted by atomic mass is 16.7. The highest BCUT2D eigenvalue weighted by molar-refractivity contribution is 5.16. The first-order valence-corrected chi connectivity index (χ1v) is 4.96. The molecule has 15 heavy (non-hydrogen) atoms. The maximum absolute atomic E-state index is 5.46. The second-order valence-electron chi connectivity index (χ2n) is 3.68. The largest absolute Gasteiger partial charge is 0.340 e. The third-order valence-corrected chi connectivity index (χ3v) is 2.59. The van der Waals surface area contributed by atoms with E-state index >= 15 is 0 Å². The Kier molecular flexibility index (Phi) is 4.27. The lowest BCUT2D eigenvalue weighted by Gasteiger charge is -2.36. The standard InChI is InChI=1S/C12H19NO2/c1-13(2)12(14-3,15-4)10-11-8-6-5-7-9-11/h5-9H,10H2,1-4H3. The fraction of sp³-hybridized carbons (Fsp3) is 0.500. The molecule has 3 heteroatoms. The first-order valence-electron chi connectivity index (χ1n) is 4.96.